The van der Waals surface area contributed by atoms with E-state index in [9.17, 15) is 4.79 Å². The third kappa shape index (κ3) is 3.91. The van der Waals surface area contributed by atoms with Gasteiger partial charge in [-0.15, -0.1) is 0 Å². The van der Waals surface area contributed by atoms with Gasteiger partial charge in [0, 0.05) is 6.08 Å². The highest BCUT2D eigenvalue weighted by molar-refractivity contribution is 5.86. The summed E-state index contributed by atoms with van der Waals surface area (Å²) >= 11 is 0. The van der Waals surface area contributed by atoms with Crippen molar-refractivity contribution < 1.29 is 9.53 Å². The second kappa shape index (κ2) is 6.40. The molecule has 0 unspecified atom stereocenters. The summed E-state index contributed by atoms with van der Waals surface area (Å²) in [6.45, 7) is 0.249. The zero-order valence-electron chi connectivity index (χ0n) is 9.87. The Kier molecular flexibility index (Phi) is 4.31. The first kappa shape index (κ1) is 12.1. The molecule has 0 atom stereocenters. The lowest BCUT2D eigenvalue weighted by atomic mass is 10.2. The van der Waals surface area contributed by atoms with E-state index in [1.807, 2.05) is 48.5 Å². The molecule has 0 aromatic heterocycles. The zero-order chi connectivity index (χ0) is 12.6. The number of benzene rings is 2. The Bertz CT molecular complexity index is 515. The molecule has 1 radical (unpaired) electrons. The lowest BCUT2D eigenvalue weighted by Crippen LogP contribution is -2.00. The highest BCUT2D eigenvalue weighted by Crippen LogP contribution is 2.03. The molecule has 0 aliphatic carbocycles. The lowest BCUT2D eigenvalue weighted by Gasteiger charge is -2.01. The molecule has 0 saturated carbocycles. The molecule has 0 fully saturated rings. The van der Waals surface area contributed by atoms with E-state index in [4.69, 9.17) is 4.74 Å². The molecule has 2 rings (SSSR count). The van der Waals surface area contributed by atoms with Gasteiger partial charge < -0.3 is 4.74 Å². The van der Waals surface area contributed by atoms with Crippen LogP contribution in [0.3, 0.4) is 0 Å². The summed E-state index contributed by atoms with van der Waals surface area (Å²) in [6.07, 6.45) is 3.16. The van der Waals surface area contributed by atoms with Gasteiger partial charge >= 0.3 is 5.97 Å². The maximum atomic E-state index is 11.5. The average molecular weight is 237 g/mol. The standard InChI is InChI=1S/C16H13O2/c17-16(12-11-14-7-3-1-4-8-14)18-13-15-9-5-2-6-10-15/h1-9,11-12H,13H2. The van der Waals surface area contributed by atoms with Crippen LogP contribution < -0.4 is 0 Å². The molecule has 2 aromatic carbocycles. The third-order valence-electron chi connectivity index (χ3n) is 2.35. The summed E-state index contributed by atoms with van der Waals surface area (Å²) in [6, 6.07) is 20.0. The molecule has 0 aliphatic heterocycles. The molecule has 0 saturated heterocycles. The number of carbonyl (C=O) groups is 1. The summed E-state index contributed by atoms with van der Waals surface area (Å²) in [5, 5.41) is 0. The average Bonchev–Trinajstić information content (AvgIpc) is 2.45. The SMILES string of the molecule is O=C(C=Cc1ccccc1)OCc1[c]cccc1. The summed E-state index contributed by atoms with van der Waals surface area (Å²) in [5.41, 5.74) is 1.83. The third-order valence-corrected chi connectivity index (χ3v) is 2.35. The Morgan fingerprint density at radius 2 is 1.89 bits per heavy atom. The number of carbonyl (C=O) groups excluding carboxylic acids is 1. The lowest BCUT2D eigenvalue weighted by molar-refractivity contribution is -0.138. The fraction of sp³-hybridized carbons (Fsp3) is 0.0625. The number of hydrogen-bond donors (Lipinski definition) is 0. The summed E-state index contributed by atoms with van der Waals surface area (Å²) in [4.78, 5) is 11.5. The van der Waals surface area contributed by atoms with Gasteiger partial charge in [-0.3, -0.25) is 0 Å². The maximum absolute atomic E-state index is 11.5. The molecule has 2 nitrogen and oxygen atoms in total. The topological polar surface area (TPSA) is 26.3 Å². The van der Waals surface area contributed by atoms with Gasteiger partial charge in [0.05, 0.1) is 0 Å². The van der Waals surface area contributed by atoms with E-state index in [1.54, 1.807) is 12.1 Å². The van der Waals surface area contributed by atoms with E-state index < -0.39 is 0 Å². The van der Waals surface area contributed by atoms with Crippen LogP contribution in [-0.4, -0.2) is 5.97 Å². The summed E-state index contributed by atoms with van der Waals surface area (Å²) < 4.78 is 5.09. The fourth-order valence-electron chi connectivity index (χ4n) is 1.45. The second-order valence-electron chi connectivity index (χ2n) is 3.74. The molecule has 0 bridgehead atoms. The maximum Gasteiger partial charge on any atom is 0.331 e. The van der Waals surface area contributed by atoms with Gasteiger partial charge in [-0.1, -0.05) is 54.6 Å². The highest BCUT2D eigenvalue weighted by Gasteiger charge is 1.98. The van der Waals surface area contributed by atoms with Gasteiger partial charge in [-0.25, -0.2) is 4.79 Å². The molecular formula is C16H13O2. The Morgan fingerprint density at radius 3 is 2.61 bits per heavy atom. The van der Waals surface area contributed by atoms with Gasteiger partial charge in [0.25, 0.3) is 0 Å². The highest BCUT2D eigenvalue weighted by atomic mass is 16.5. The normalized spacial score (nSPS) is 10.4. The molecule has 0 aliphatic rings. The largest absolute Gasteiger partial charge is 0.458 e. The molecule has 0 spiro atoms. The van der Waals surface area contributed by atoms with Crippen molar-refractivity contribution in [1.29, 1.82) is 0 Å². The Labute approximate surface area is 107 Å². The molecular weight excluding hydrogens is 224 g/mol. The molecule has 0 heterocycles. The van der Waals surface area contributed by atoms with Gasteiger partial charge in [0.2, 0.25) is 0 Å². The van der Waals surface area contributed by atoms with Crippen LogP contribution in [0.2, 0.25) is 0 Å². The van der Waals surface area contributed by atoms with E-state index in [2.05, 4.69) is 6.07 Å². The second-order valence-corrected chi connectivity index (χ2v) is 3.74. The Balaban J connectivity index is 1.84. The molecule has 2 aromatic rings. The van der Waals surface area contributed by atoms with Crippen LogP contribution in [0, 0.1) is 6.07 Å². The van der Waals surface area contributed by atoms with E-state index in [-0.39, 0.29) is 12.6 Å². The van der Waals surface area contributed by atoms with Gasteiger partial charge in [-0.2, -0.15) is 0 Å². The van der Waals surface area contributed by atoms with E-state index in [0.717, 1.165) is 11.1 Å². The molecule has 0 amide bonds. The minimum absolute atomic E-state index is 0.249. The number of ether oxygens (including phenoxy) is 1. The summed E-state index contributed by atoms with van der Waals surface area (Å²) in [5.74, 6) is -0.351. The van der Waals surface area contributed by atoms with Gasteiger partial charge in [-0.05, 0) is 23.3 Å². The molecule has 89 valence electrons. The van der Waals surface area contributed by atoms with Crippen molar-refractivity contribution in [3.05, 3.63) is 77.9 Å². The fourth-order valence-corrected chi connectivity index (χ4v) is 1.45. The van der Waals surface area contributed by atoms with Crippen LogP contribution in [0.1, 0.15) is 11.1 Å². The minimum Gasteiger partial charge on any atom is -0.458 e. The first-order valence-corrected chi connectivity index (χ1v) is 5.70. The van der Waals surface area contributed by atoms with E-state index in [1.165, 1.54) is 6.08 Å². The van der Waals surface area contributed by atoms with Crippen LogP contribution in [0.15, 0.2) is 60.7 Å². The summed E-state index contributed by atoms with van der Waals surface area (Å²) in [7, 11) is 0. The first-order valence-electron chi connectivity index (χ1n) is 5.70. The van der Waals surface area contributed by atoms with Crippen molar-refractivity contribution in [2.24, 2.45) is 0 Å². The number of esters is 1. The number of hydrogen-bond acceptors (Lipinski definition) is 2. The van der Waals surface area contributed by atoms with E-state index >= 15 is 0 Å². The predicted molar refractivity (Wildman–Crippen MR) is 70.6 cm³/mol. The van der Waals surface area contributed by atoms with Gasteiger partial charge in [0.1, 0.15) is 6.61 Å². The van der Waals surface area contributed by atoms with E-state index in [0.29, 0.717) is 0 Å². The van der Waals surface area contributed by atoms with Crippen LogP contribution in [0.25, 0.3) is 6.08 Å². The van der Waals surface area contributed by atoms with Crippen molar-refractivity contribution in [2.45, 2.75) is 6.61 Å². The van der Waals surface area contributed by atoms with Crippen molar-refractivity contribution in [3.8, 4) is 0 Å². The molecule has 18 heavy (non-hydrogen) atoms. The smallest absolute Gasteiger partial charge is 0.331 e. The molecule has 2 heteroatoms. The number of rotatable bonds is 4. The van der Waals surface area contributed by atoms with Crippen molar-refractivity contribution >= 4 is 12.0 Å². The quantitative estimate of drug-likeness (QED) is 0.602. The van der Waals surface area contributed by atoms with Crippen molar-refractivity contribution in [3.63, 3.8) is 0 Å². The molecule has 0 N–H and O–H groups in total. The van der Waals surface area contributed by atoms with Crippen LogP contribution in [-0.2, 0) is 16.1 Å². The Morgan fingerprint density at radius 1 is 1.11 bits per heavy atom. The Hall–Kier alpha value is -2.35. The minimum atomic E-state index is -0.351. The van der Waals surface area contributed by atoms with Gasteiger partial charge in [0.15, 0.2) is 0 Å². The van der Waals surface area contributed by atoms with Crippen LogP contribution in [0.5, 0.6) is 0 Å². The van der Waals surface area contributed by atoms with Crippen molar-refractivity contribution in [1.82, 2.24) is 0 Å². The van der Waals surface area contributed by atoms with Crippen LogP contribution in [0.4, 0.5) is 0 Å². The predicted octanol–water partition coefficient (Wildman–Crippen LogP) is 3.24. The first-order chi connectivity index (χ1) is 8.84. The van der Waals surface area contributed by atoms with Crippen LogP contribution >= 0.6 is 0 Å². The monoisotopic (exact) mass is 237 g/mol. The van der Waals surface area contributed by atoms with Crippen molar-refractivity contribution in [2.75, 3.05) is 0 Å². The zero-order valence-corrected chi connectivity index (χ0v) is 9.87.